The molecule has 2 radical (unpaired) electrons. The molecule has 2 aromatic rings. The Hall–Kier alpha value is -2.92. The highest BCUT2D eigenvalue weighted by Crippen LogP contribution is 2.45. The quantitative estimate of drug-likeness (QED) is 0.185. The number of benzene rings is 2. The highest BCUT2D eigenvalue weighted by atomic mass is 16.5. The molecule has 0 atom stereocenters. The lowest BCUT2D eigenvalue weighted by Crippen LogP contribution is -2.21. The summed E-state index contributed by atoms with van der Waals surface area (Å²) in [6, 6.07) is 11.8. The number of ether oxygens (including phenoxy) is 8. The average molecular weight is 575 g/mol. The van der Waals surface area contributed by atoms with E-state index >= 15 is 0 Å². The highest BCUT2D eigenvalue weighted by Gasteiger charge is 2.31. The van der Waals surface area contributed by atoms with Crippen LogP contribution in [0.15, 0.2) is 36.4 Å². The molecule has 1 aliphatic rings. The molecule has 41 heavy (non-hydrogen) atoms. The van der Waals surface area contributed by atoms with Crippen molar-refractivity contribution in [2.24, 2.45) is 0 Å². The normalized spacial score (nSPS) is 13.1. The number of anilines is 2. The molecule has 0 spiro atoms. The largest absolute Gasteiger partial charge is 0.491 e. The molecule has 0 aromatic heterocycles. The lowest BCUT2D eigenvalue weighted by molar-refractivity contribution is 0.170. The van der Waals surface area contributed by atoms with Gasteiger partial charge >= 0.3 is 0 Å². The molecule has 228 valence electrons. The molecule has 1 aliphatic heterocycles. The minimum absolute atomic E-state index is 0.531. The van der Waals surface area contributed by atoms with Crippen molar-refractivity contribution >= 4 is 11.4 Å². The van der Waals surface area contributed by atoms with Gasteiger partial charge in [0.05, 0.1) is 26.4 Å². The zero-order chi connectivity index (χ0) is 29.1. The van der Waals surface area contributed by atoms with Crippen LogP contribution in [0.4, 0.5) is 11.4 Å². The van der Waals surface area contributed by atoms with Crippen molar-refractivity contribution in [3.05, 3.63) is 43.1 Å². The van der Waals surface area contributed by atoms with E-state index in [1.807, 2.05) is 46.2 Å². The third kappa shape index (κ3) is 10.5. The maximum absolute atomic E-state index is 6.20. The molecular formula is C31H46N2O8. The van der Waals surface area contributed by atoms with Crippen molar-refractivity contribution in [2.45, 2.75) is 25.7 Å². The van der Waals surface area contributed by atoms with Gasteiger partial charge in [-0.05, 0) is 24.3 Å². The third-order valence-electron chi connectivity index (χ3n) is 6.25. The van der Waals surface area contributed by atoms with E-state index < -0.39 is 0 Å². The van der Waals surface area contributed by atoms with Gasteiger partial charge in [-0.2, -0.15) is 0 Å². The first-order valence-electron chi connectivity index (χ1n) is 14.3. The van der Waals surface area contributed by atoms with E-state index in [2.05, 4.69) is 6.67 Å². The molecule has 2 aromatic carbocycles. The monoisotopic (exact) mass is 574 g/mol. The molecular weight excluding hydrogens is 528 g/mol. The Balaban J connectivity index is 1.84. The summed E-state index contributed by atoms with van der Waals surface area (Å²) in [5.41, 5.74) is 1.68. The van der Waals surface area contributed by atoms with Gasteiger partial charge in [0, 0.05) is 93.6 Å². The van der Waals surface area contributed by atoms with E-state index in [0.717, 1.165) is 60.1 Å². The van der Waals surface area contributed by atoms with Gasteiger partial charge in [0.2, 0.25) is 6.67 Å². The lowest BCUT2D eigenvalue weighted by atomic mass is 10.2. The van der Waals surface area contributed by atoms with Crippen molar-refractivity contribution in [1.82, 2.24) is 0 Å². The van der Waals surface area contributed by atoms with Crippen molar-refractivity contribution in [2.75, 3.05) is 104 Å². The number of para-hydroxylation sites is 2. The lowest BCUT2D eigenvalue weighted by Gasteiger charge is -2.26. The summed E-state index contributed by atoms with van der Waals surface area (Å²) in [5, 5.41) is 0. The Morgan fingerprint density at radius 1 is 0.488 bits per heavy atom. The van der Waals surface area contributed by atoms with Crippen LogP contribution in [0.3, 0.4) is 0 Å². The molecule has 0 unspecified atom stereocenters. The van der Waals surface area contributed by atoms with E-state index in [1.54, 1.807) is 28.4 Å². The summed E-state index contributed by atoms with van der Waals surface area (Å²) in [7, 11) is 6.77. The predicted molar refractivity (Wildman–Crippen MR) is 159 cm³/mol. The van der Waals surface area contributed by atoms with E-state index in [0.29, 0.717) is 65.9 Å². The van der Waals surface area contributed by atoms with Crippen LogP contribution in [0.2, 0.25) is 0 Å². The first-order valence-corrected chi connectivity index (χ1v) is 14.3. The van der Waals surface area contributed by atoms with Gasteiger partial charge < -0.3 is 47.7 Å². The zero-order valence-corrected chi connectivity index (χ0v) is 25.0. The Labute approximate surface area is 245 Å². The van der Waals surface area contributed by atoms with Crippen molar-refractivity contribution in [3.8, 4) is 23.0 Å². The topological polar surface area (TPSA) is 80.3 Å². The molecule has 0 N–H and O–H groups in total. The third-order valence-corrected chi connectivity index (χ3v) is 6.25. The molecule has 10 heteroatoms. The fourth-order valence-electron chi connectivity index (χ4n) is 4.31. The maximum atomic E-state index is 6.20. The van der Waals surface area contributed by atoms with Crippen LogP contribution in [0.25, 0.3) is 0 Å². The van der Waals surface area contributed by atoms with Crippen LogP contribution in [0, 0.1) is 6.67 Å². The summed E-state index contributed by atoms with van der Waals surface area (Å²) in [5.74, 6) is 2.94. The molecule has 1 heterocycles. The molecule has 1 fully saturated rings. The van der Waals surface area contributed by atoms with Crippen LogP contribution in [0.5, 0.6) is 23.0 Å². The van der Waals surface area contributed by atoms with Crippen molar-refractivity contribution < 1.29 is 37.9 Å². The second-order valence-electron chi connectivity index (χ2n) is 9.39. The van der Waals surface area contributed by atoms with Crippen LogP contribution in [-0.4, -0.2) is 94.4 Å². The first-order chi connectivity index (χ1) is 20.2. The van der Waals surface area contributed by atoms with Crippen LogP contribution in [-0.2, 0) is 18.9 Å². The van der Waals surface area contributed by atoms with Gasteiger partial charge in [0.25, 0.3) is 0 Å². The number of rotatable bonds is 22. The van der Waals surface area contributed by atoms with Crippen molar-refractivity contribution in [1.29, 1.82) is 0 Å². The van der Waals surface area contributed by atoms with Crippen LogP contribution in [0.1, 0.15) is 25.7 Å². The Bertz CT molecular complexity index is 855. The van der Waals surface area contributed by atoms with Crippen molar-refractivity contribution in [3.63, 3.8) is 0 Å². The first kappa shape index (κ1) is 32.6. The van der Waals surface area contributed by atoms with Crippen LogP contribution < -0.4 is 28.7 Å². The standard InChI is InChI=1S/C31H46N2O8/c1-34-17-7-21-38-26-11-5-12-27(39-22-8-18-35-2)30(26)32-15-16-33(25-32)31-28(40-23-9-19-36-3)13-6-14-29(31)41-24-10-20-37-4/h5-6,11-14H,7-10,15-24H2,1-4H3. The molecule has 0 aliphatic carbocycles. The summed E-state index contributed by atoms with van der Waals surface area (Å²) in [6.07, 6.45) is 3.13. The predicted octanol–water partition coefficient (Wildman–Crippen LogP) is 4.67. The smallest absolute Gasteiger partial charge is 0.209 e. The fraction of sp³-hybridized carbons (Fsp3) is 0.581. The Morgan fingerprint density at radius 2 is 0.780 bits per heavy atom. The van der Waals surface area contributed by atoms with Gasteiger partial charge in [0.1, 0.15) is 34.4 Å². The average Bonchev–Trinajstić information content (AvgIpc) is 3.47. The Kier molecular flexibility index (Phi) is 15.3. The molecule has 0 amide bonds. The molecule has 0 bridgehead atoms. The van der Waals surface area contributed by atoms with Gasteiger partial charge in [0.15, 0.2) is 0 Å². The van der Waals surface area contributed by atoms with Crippen LogP contribution >= 0.6 is 0 Å². The van der Waals surface area contributed by atoms with Gasteiger partial charge in [-0.1, -0.05) is 12.1 Å². The summed E-state index contributed by atoms with van der Waals surface area (Å²) in [6.45, 7) is 9.54. The molecule has 3 rings (SSSR count). The zero-order valence-electron chi connectivity index (χ0n) is 25.0. The molecule has 0 saturated carbocycles. The number of hydrogen-bond acceptors (Lipinski definition) is 10. The van der Waals surface area contributed by atoms with Gasteiger partial charge in [-0.25, -0.2) is 0 Å². The maximum Gasteiger partial charge on any atom is 0.209 e. The molecule has 10 nitrogen and oxygen atoms in total. The number of hydrogen-bond donors (Lipinski definition) is 0. The minimum Gasteiger partial charge on any atom is -0.491 e. The van der Waals surface area contributed by atoms with E-state index in [1.165, 1.54) is 0 Å². The number of nitrogens with zero attached hydrogens (tertiary/aromatic N) is 2. The van der Waals surface area contributed by atoms with Gasteiger partial charge in [-0.3, -0.25) is 0 Å². The molecule has 1 saturated heterocycles. The second kappa shape index (κ2) is 19.2. The minimum atomic E-state index is 0.531. The summed E-state index contributed by atoms with van der Waals surface area (Å²) >= 11 is 0. The second-order valence-corrected chi connectivity index (χ2v) is 9.39. The SMILES string of the molecule is COCCCOc1cccc(OCCCOC)c1N1[C]N(c2c(OCCCOC)cccc2OCCCOC)CC1. The highest BCUT2D eigenvalue weighted by molar-refractivity contribution is 5.75. The van der Waals surface area contributed by atoms with E-state index in [4.69, 9.17) is 37.9 Å². The summed E-state index contributed by atoms with van der Waals surface area (Å²) < 4.78 is 45.6. The van der Waals surface area contributed by atoms with E-state index in [-0.39, 0.29) is 0 Å². The number of methoxy groups -OCH3 is 4. The van der Waals surface area contributed by atoms with Gasteiger partial charge in [-0.15, -0.1) is 0 Å². The summed E-state index contributed by atoms with van der Waals surface area (Å²) in [4.78, 5) is 4.10. The Morgan fingerprint density at radius 3 is 1.05 bits per heavy atom. The fourth-order valence-corrected chi connectivity index (χ4v) is 4.31. The van der Waals surface area contributed by atoms with E-state index in [9.17, 15) is 0 Å².